The third-order valence-electron chi connectivity index (χ3n) is 7.69. The molecule has 0 bridgehead atoms. The van der Waals surface area contributed by atoms with Crippen LogP contribution in [0.2, 0.25) is 0 Å². The lowest BCUT2D eigenvalue weighted by Crippen LogP contribution is -2.42. The molecule has 10 heteroatoms. The number of para-hydroxylation sites is 2. The number of likely N-dealkylation sites (tertiary alicyclic amines) is 1. The number of aliphatic hydroxyl groups excluding tert-OH is 1. The maximum absolute atomic E-state index is 13.6. The first-order valence-electron chi connectivity index (χ1n) is 13.6. The highest BCUT2D eigenvalue weighted by molar-refractivity contribution is 5.92. The van der Waals surface area contributed by atoms with E-state index >= 15 is 0 Å². The molecule has 6 rings (SSSR count). The molecule has 10 nitrogen and oxygen atoms in total. The van der Waals surface area contributed by atoms with Gasteiger partial charge >= 0.3 is 5.69 Å². The van der Waals surface area contributed by atoms with Gasteiger partial charge in [-0.15, -0.1) is 0 Å². The number of fused-ring (bicyclic) bond motifs is 2. The van der Waals surface area contributed by atoms with Crippen molar-refractivity contribution in [3.8, 4) is 11.5 Å². The van der Waals surface area contributed by atoms with E-state index in [1.807, 2.05) is 53.1 Å². The number of benzene rings is 2. The molecule has 1 aromatic heterocycles. The topological polar surface area (TPSA) is 115 Å². The molecule has 0 saturated carbocycles. The summed E-state index contributed by atoms with van der Waals surface area (Å²) in [5, 5.41) is 9.09. The molecule has 0 radical (unpaired) electrons. The molecule has 2 atom stereocenters. The van der Waals surface area contributed by atoms with Crippen LogP contribution in [0.5, 0.6) is 11.5 Å². The summed E-state index contributed by atoms with van der Waals surface area (Å²) in [7, 11) is 0. The molecule has 2 unspecified atom stereocenters. The highest BCUT2D eigenvalue weighted by Gasteiger charge is 2.34. The van der Waals surface area contributed by atoms with Gasteiger partial charge < -0.3 is 33.9 Å². The lowest BCUT2D eigenvalue weighted by molar-refractivity contribution is -0.153. The van der Waals surface area contributed by atoms with Crippen molar-refractivity contribution < 1.29 is 28.8 Å². The van der Waals surface area contributed by atoms with E-state index in [1.165, 1.54) is 0 Å². The first kappa shape index (κ1) is 25.5. The van der Waals surface area contributed by atoms with Crippen LogP contribution >= 0.6 is 0 Å². The van der Waals surface area contributed by atoms with E-state index < -0.39 is 6.29 Å². The Bertz CT molecular complexity index is 1420. The van der Waals surface area contributed by atoms with Gasteiger partial charge in [0.05, 0.1) is 17.6 Å². The summed E-state index contributed by atoms with van der Waals surface area (Å²) in [4.78, 5) is 31.0. The number of allylic oxidation sites excluding steroid dienone is 1. The van der Waals surface area contributed by atoms with Crippen molar-refractivity contribution in [2.24, 2.45) is 0 Å². The number of aliphatic hydroxyl groups is 1. The number of nitrogens with zero attached hydrogens (tertiary/aromatic N) is 2. The Morgan fingerprint density at radius 2 is 1.90 bits per heavy atom. The van der Waals surface area contributed by atoms with Gasteiger partial charge in [0.15, 0.2) is 17.3 Å². The first-order valence-corrected chi connectivity index (χ1v) is 13.6. The highest BCUT2D eigenvalue weighted by atomic mass is 16.7. The molecule has 0 aliphatic carbocycles. The number of nitrogens with one attached hydrogen (secondary N) is 1. The Kier molecular flexibility index (Phi) is 7.30. The summed E-state index contributed by atoms with van der Waals surface area (Å²) in [6.07, 6.45) is 4.56. The fourth-order valence-corrected chi connectivity index (χ4v) is 5.64. The maximum atomic E-state index is 13.6. The van der Waals surface area contributed by atoms with Crippen LogP contribution < -0.4 is 15.2 Å². The molecule has 4 heterocycles. The number of piperidine rings is 1. The molecule has 3 aromatic rings. The molecule has 1 amide bonds. The number of aromatic amines is 1. The number of ether oxygens (including phenoxy) is 4. The van der Waals surface area contributed by atoms with Crippen LogP contribution in [0, 0.1) is 0 Å². The predicted molar refractivity (Wildman–Crippen MR) is 143 cm³/mol. The van der Waals surface area contributed by atoms with Crippen molar-refractivity contribution in [1.82, 2.24) is 14.5 Å². The van der Waals surface area contributed by atoms with Crippen LogP contribution in [-0.4, -0.2) is 64.9 Å². The fourth-order valence-electron chi connectivity index (χ4n) is 5.64. The van der Waals surface area contributed by atoms with Crippen molar-refractivity contribution in [2.75, 3.05) is 33.1 Å². The molecule has 206 valence electrons. The molecular formula is C29H33N3O7. The van der Waals surface area contributed by atoms with E-state index in [0.29, 0.717) is 63.3 Å². The molecule has 1 saturated heterocycles. The highest BCUT2D eigenvalue weighted by Crippen LogP contribution is 2.39. The SMILES string of the molecule is O=C(C1=CC(c2ccc3c(c2)OCO3)CC(OCCCCO)O1)N1CCC(n2c(=O)[nH]c3ccccc32)CC1. The number of carbonyl (C=O) groups excluding carboxylic acids is 1. The monoisotopic (exact) mass is 535 g/mol. The average molecular weight is 536 g/mol. The number of rotatable bonds is 8. The van der Waals surface area contributed by atoms with E-state index in [9.17, 15) is 9.59 Å². The minimum Gasteiger partial charge on any atom is -0.459 e. The maximum Gasteiger partial charge on any atom is 0.326 e. The summed E-state index contributed by atoms with van der Waals surface area (Å²) in [6.45, 7) is 1.79. The Balaban J connectivity index is 1.17. The largest absolute Gasteiger partial charge is 0.459 e. The third kappa shape index (κ3) is 5.26. The minimum absolute atomic E-state index is 0.0166. The van der Waals surface area contributed by atoms with Crippen molar-refractivity contribution in [2.45, 2.75) is 50.4 Å². The van der Waals surface area contributed by atoms with Crippen molar-refractivity contribution in [3.05, 3.63) is 70.3 Å². The second kappa shape index (κ2) is 11.2. The normalized spacial score (nSPS) is 21.2. The Hall–Kier alpha value is -3.76. The summed E-state index contributed by atoms with van der Waals surface area (Å²) in [5.41, 5.74) is 2.58. The molecule has 1 fully saturated rings. The zero-order valence-corrected chi connectivity index (χ0v) is 21.7. The molecule has 2 aromatic carbocycles. The quantitative estimate of drug-likeness (QED) is 0.425. The number of imidazole rings is 1. The van der Waals surface area contributed by atoms with Gasteiger partial charge in [0.2, 0.25) is 13.1 Å². The third-order valence-corrected chi connectivity index (χ3v) is 7.69. The number of H-pyrrole nitrogens is 1. The number of aromatic nitrogens is 2. The molecule has 0 spiro atoms. The van der Waals surface area contributed by atoms with Gasteiger partial charge in [-0.2, -0.15) is 0 Å². The van der Waals surface area contributed by atoms with Gasteiger partial charge in [0.25, 0.3) is 5.91 Å². The van der Waals surface area contributed by atoms with Crippen LogP contribution in [0.4, 0.5) is 0 Å². The Morgan fingerprint density at radius 1 is 1.08 bits per heavy atom. The summed E-state index contributed by atoms with van der Waals surface area (Å²) in [6, 6.07) is 13.5. The van der Waals surface area contributed by atoms with Gasteiger partial charge in [-0.1, -0.05) is 18.2 Å². The molecule has 3 aliphatic rings. The van der Waals surface area contributed by atoms with Crippen molar-refractivity contribution in [3.63, 3.8) is 0 Å². The second-order valence-corrected chi connectivity index (χ2v) is 10.2. The lowest BCUT2D eigenvalue weighted by Gasteiger charge is -2.35. The second-order valence-electron chi connectivity index (χ2n) is 10.2. The predicted octanol–water partition coefficient (Wildman–Crippen LogP) is 3.43. The average Bonchev–Trinajstić information content (AvgIpc) is 3.58. The van der Waals surface area contributed by atoms with E-state index in [1.54, 1.807) is 4.90 Å². The summed E-state index contributed by atoms with van der Waals surface area (Å²) in [5.74, 6) is 1.40. The number of amides is 1. The molecular weight excluding hydrogens is 502 g/mol. The van der Waals surface area contributed by atoms with Crippen molar-refractivity contribution >= 4 is 16.9 Å². The number of hydrogen-bond donors (Lipinski definition) is 2. The van der Waals surface area contributed by atoms with Crippen LogP contribution in [-0.2, 0) is 14.3 Å². The van der Waals surface area contributed by atoms with Gasteiger partial charge in [0, 0.05) is 38.1 Å². The zero-order chi connectivity index (χ0) is 26.8. The Labute approximate surface area is 225 Å². The van der Waals surface area contributed by atoms with Gasteiger partial charge in [-0.05, 0) is 61.6 Å². The Morgan fingerprint density at radius 3 is 2.74 bits per heavy atom. The van der Waals surface area contributed by atoms with Crippen LogP contribution in [0.15, 0.2) is 59.1 Å². The minimum atomic E-state index is -0.578. The molecule has 3 aliphatic heterocycles. The lowest BCUT2D eigenvalue weighted by atomic mass is 9.92. The van der Waals surface area contributed by atoms with Crippen LogP contribution in [0.25, 0.3) is 11.0 Å². The van der Waals surface area contributed by atoms with Gasteiger partial charge in [-0.25, -0.2) is 4.79 Å². The van der Waals surface area contributed by atoms with E-state index in [2.05, 4.69) is 4.98 Å². The fraction of sp³-hybridized carbons (Fsp3) is 0.448. The van der Waals surface area contributed by atoms with Crippen molar-refractivity contribution in [1.29, 1.82) is 0 Å². The van der Waals surface area contributed by atoms with E-state index in [0.717, 1.165) is 16.6 Å². The molecule has 39 heavy (non-hydrogen) atoms. The standard InChI is InChI=1S/C29H33N3O7/c33-13-3-4-14-36-27-17-20(19-7-8-24-25(15-19)38-18-37-24)16-26(39-27)28(34)31-11-9-21(10-12-31)32-23-6-2-1-5-22(23)30-29(32)35/h1-2,5-8,15-16,20-21,27,33H,3-4,9-14,17-18H2,(H,30,35). The zero-order valence-electron chi connectivity index (χ0n) is 21.7. The number of carbonyl (C=O) groups is 1. The summed E-state index contributed by atoms with van der Waals surface area (Å²) < 4.78 is 24.9. The van der Waals surface area contributed by atoms with E-state index in [4.69, 9.17) is 24.1 Å². The van der Waals surface area contributed by atoms with Crippen LogP contribution in [0.1, 0.15) is 49.6 Å². The van der Waals surface area contributed by atoms with Gasteiger partial charge in [0.1, 0.15) is 0 Å². The first-order chi connectivity index (χ1) is 19.1. The molecule has 2 N–H and O–H groups in total. The number of unbranched alkanes of at least 4 members (excludes halogenated alkanes) is 1. The van der Waals surface area contributed by atoms with E-state index in [-0.39, 0.29) is 42.7 Å². The number of hydrogen-bond acceptors (Lipinski definition) is 7. The summed E-state index contributed by atoms with van der Waals surface area (Å²) >= 11 is 0. The van der Waals surface area contributed by atoms with Gasteiger partial charge in [-0.3, -0.25) is 9.36 Å². The smallest absolute Gasteiger partial charge is 0.326 e. The van der Waals surface area contributed by atoms with Crippen LogP contribution in [0.3, 0.4) is 0 Å².